The lowest BCUT2D eigenvalue weighted by Crippen LogP contribution is -1.94. The zero-order valence-corrected chi connectivity index (χ0v) is 10.5. The summed E-state index contributed by atoms with van der Waals surface area (Å²) >= 11 is 0. The molecular weight excluding hydrogens is 216 g/mol. The molecule has 0 saturated heterocycles. The van der Waals surface area contributed by atoms with E-state index in [0.29, 0.717) is 13.0 Å². The topological polar surface area (TPSA) is 43.2 Å². The largest absolute Gasteiger partial charge is 0.399 e. The van der Waals surface area contributed by atoms with E-state index >= 15 is 0 Å². The molecule has 1 rings (SSSR count). The lowest BCUT2D eigenvalue weighted by molar-refractivity contribution is 0.131. The summed E-state index contributed by atoms with van der Waals surface area (Å²) in [6.07, 6.45) is 2.30. The van der Waals surface area contributed by atoms with Gasteiger partial charge in [0.1, 0.15) is 13.7 Å². The van der Waals surface area contributed by atoms with Gasteiger partial charge in [0, 0.05) is 12.6 Å². The van der Waals surface area contributed by atoms with Crippen molar-refractivity contribution in [1.82, 2.24) is 0 Å². The summed E-state index contributed by atoms with van der Waals surface area (Å²) in [5.41, 5.74) is 3.21. The molecule has 1 aromatic carbocycles. The fourth-order valence-electron chi connectivity index (χ4n) is 1.29. The summed E-state index contributed by atoms with van der Waals surface area (Å²) < 4.78 is 0. The summed E-state index contributed by atoms with van der Waals surface area (Å²) in [5, 5.41) is 7.63. The quantitative estimate of drug-likeness (QED) is 0.561. The van der Waals surface area contributed by atoms with Crippen LogP contribution in [-0.4, -0.2) is 19.0 Å². The molecule has 0 aromatic heterocycles. The van der Waals surface area contributed by atoms with E-state index in [-0.39, 0.29) is 0 Å². The minimum absolute atomic E-state index is 0.490. The van der Waals surface area contributed by atoms with E-state index in [9.17, 15) is 0 Å². The minimum Gasteiger partial charge on any atom is -0.399 e. The maximum atomic E-state index is 5.20. The predicted octanol–water partition coefficient (Wildman–Crippen LogP) is 2.91. The van der Waals surface area contributed by atoms with Crippen molar-refractivity contribution in [3.63, 3.8) is 0 Å². The summed E-state index contributed by atoms with van der Waals surface area (Å²) in [5.74, 6) is 0. The monoisotopic (exact) mass is 234 g/mol. The summed E-state index contributed by atoms with van der Waals surface area (Å²) in [6, 6.07) is 8.08. The van der Waals surface area contributed by atoms with Gasteiger partial charge in [-0.2, -0.15) is 0 Å². The molecule has 17 heavy (non-hydrogen) atoms. The van der Waals surface area contributed by atoms with Crippen molar-refractivity contribution in [3.05, 3.63) is 35.4 Å². The van der Waals surface area contributed by atoms with Gasteiger partial charge in [-0.1, -0.05) is 34.6 Å². The van der Waals surface area contributed by atoms with Crippen LogP contribution in [0.3, 0.4) is 0 Å². The van der Waals surface area contributed by atoms with Crippen LogP contribution in [0.25, 0.3) is 0 Å². The fraction of sp³-hybridized carbons (Fsp3) is 0.385. The van der Waals surface area contributed by atoms with Crippen molar-refractivity contribution in [3.8, 4) is 0 Å². The molecule has 0 unspecified atom stereocenters. The first-order valence-electron chi connectivity index (χ1n) is 5.49. The highest BCUT2D eigenvalue weighted by Crippen LogP contribution is 2.07. The van der Waals surface area contributed by atoms with Gasteiger partial charge in [-0.05, 0) is 25.0 Å². The third-order valence-corrected chi connectivity index (χ3v) is 2.26. The number of rotatable bonds is 6. The van der Waals surface area contributed by atoms with Gasteiger partial charge in [0.2, 0.25) is 0 Å². The van der Waals surface area contributed by atoms with E-state index in [0.717, 1.165) is 11.3 Å². The molecule has 1 aromatic rings. The maximum absolute atomic E-state index is 5.20. The Hall–Kier alpha value is -1.84. The average Bonchev–Trinajstić information content (AvgIpc) is 2.31. The molecule has 0 aliphatic rings. The fourth-order valence-corrected chi connectivity index (χ4v) is 1.29. The van der Waals surface area contributed by atoms with Crippen molar-refractivity contribution in [2.24, 2.45) is 10.3 Å². The number of hydrogen-bond acceptors (Lipinski definition) is 4. The maximum Gasteiger partial charge on any atom is 0.142 e. The molecule has 0 aliphatic heterocycles. The van der Waals surface area contributed by atoms with Gasteiger partial charge in [-0.15, -0.1) is 0 Å². The second-order valence-electron chi connectivity index (χ2n) is 3.70. The van der Waals surface area contributed by atoms with E-state index in [4.69, 9.17) is 4.84 Å². The van der Waals surface area contributed by atoms with E-state index in [1.54, 1.807) is 6.21 Å². The van der Waals surface area contributed by atoms with Crippen LogP contribution in [0.4, 0.5) is 0 Å². The predicted molar refractivity (Wildman–Crippen MR) is 69.2 cm³/mol. The highest BCUT2D eigenvalue weighted by molar-refractivity contribution is 5.93. The van der Waals surface area contributed by atoms with Crippen LogP contribution in [0.15, 0.2) is 34.6 Å². The number of nitrogens with zero attached hydrogens (tertiary/aromatic N) is 2. The minimum atomic E-state index is 0.490. The van der Waals surface area contributed by atoms with Crippen LogP contribution >= 0.6 is 0 Å². The molecule has 0 fully saturated rings. The Bertz CT molecular complexity index is 400. The Morgan fingerprint density at radius 2 is 2.12 bits per heavy atom. The van der Waals surface area contributed by atoms with Gasteiger partial charge in [-0.25, -0.2) is 0 Å². The molecule has 0 bridgehead atoms. The van der Waals surface area contributed by atoms with Crippen molar-refractivity contribution in [1.29, 1.82) is 0 Å². The number of benzene rings is 1. The average molecular weight is 234 g/mol. The smallest absolute Gasteiger partial charge is 0.142 e. The number of oxime groups is 2. The van der Waals surface area contributed by atoms with Gasteiger partial charge in [-0.3, -0.25) is 0 Å². The van der Waals surface area contributed by atoms with E-state index in [1.165, 1.54) is 12.7 Å². The summed E-state index contributed by atoms with van der Waals surface area (Å²) in [4.78, 5) is 9.83. The Labute approximate surface area is 102 Å². The second kappa shape index (κ2) is 7.44. The van der Waals surface area contributed by atoms with Crippen LogP contribution in [0, 0.1) is 6.92 Å². The summed E-state index contributed by atoms with van der Waals surface area (Å²) in [6.45, 7) is 4.41. The molecule has 92 valence electrons. The van der Waals surface area contributed by atoms with Crippen LogP contribution in [0.2, 0.25) is 0 Å². The zero-order chi connectivity index (χ0) is 12.5. The lowest BCUT2D eigenvalue weighted by atomic mass is 10.1. The zero-order valence-electron chi connectivity index (χ0n) is 10.5. The standard InChI is InChI=1S/C13H18N2O2/c1-11-6-4-5-7-13(11)10-17-14-9-8-12(2)15-16-3/h4-7,9H,8,10H2,1-3H3/b14-9-,15-12-. The summed E-state index contributed by atoms with van der Waals surface area (Å²) in [7, 11) is 1.52. The normalized spacial score (nSPS) is 11.8. The Kier molecular flexibility index (Phi) is 5.79. The first kappa shape index (κ1) is 13.2. The second-order valence-corrected chi connectivity index (χ2v) is 3.70. The van der Waals surface area contributed by atoms with Crippen molar-refractivity contribution in [2.45, 2.75) is 26.9 Å². The van der Waals surface area contributed by atoms with E-state index in [2.05, 4.69) is 28.1 Å². The first-order chi connectivity index (χ1) is 8.24. The van der Waals surface area contributed by atoms with Crippen LogP contribution in [0.5, 0.6) is 0 Å². The molecule has 0 saturated carbocycles. The molecule has 0 amide bonds. The molecule has 0 radical (unpaired) electrons. The third-order valence-electron chi connectivity index (χ3n) is 2.26. The highest BCUT2D eigenvalue weighted by atomic mass is 16.6. The number of aryl methyl sites for hydroxylation is 1. The molecule has 0 spiro atoms. The van der Waals surface area contributed by atoms with Gasteiger partial charge in [0.05, 0.1) is 5.71 Å². The number of hydrogen-bond donors (Lipinski definition) is 0. The van der Waals surface area contributed by atoms with E-state index < -0.39 is 0 Å². The third kappa shape index (κ3) is 5.15. The Morgan fingerprint density at radius 3 is 2.82 bits per heavy atom. The van der Waals surface area contributed by atoms with Gasteiger partial charge >= 0.3 is 0 Å². The molecule has 4 nitrogen and oxygen atoms in total. The van der Waals surface area contributed by atoms with Crippen LogP contribution in [0.1, 0.15) is 24.5 Å². The lowest BCUT2D eigenvalue weighted by Gasteiger charge is -2.03. The van der Waals surface area contributed by atoms with Crippen molar-refractivity contribution < 1.29 is 9.68 Å². The van der Waals surface area contributed by atoms with Crippen molar-refractivity contribution in [2.75, 3.05) is 7.11 Å². The molecule has 0 atom stereocenters. The van der Waals surface area contributed by atoms with Gasteiger partial charge < -0.3 is 9.68 Å². The van der Waals surface area contributed by atoms with Crippen molar-refractivity contribution >= 4 is 11.9 Å². The Morgan fingerprint density at radius 1 is 1.35 bits per heavy atom. The first-order valence-corrected chi connectivity index (χ1v) is 5.49. The Balaban J connectivity index is 2.31. The molecule has 0 aliphatic carbocycles. The van der Waals surface area contributed by atoms with Gasteiger partial charge in [0.25, 0.3) is 0 Å². The van der Waals surface area contributed by atoms with Crippen LogP contribution < -0.4 is 0 Å². The molecular formula is C13H18N2O2. The molecule has 0 N–H and O–H groups in total. The molecule has 0 heterocycles. The highest BCUT2D eigenvalue weighted by Gasteiger charge is 1.95. The van der Waals surface area contributed by atoms with Crippen LogP contribution in [-0.2, 0) is 16.3 Å². The van der Waals surface area contributed by atoms with Gasteiger partial charge in [0.15, 0.2) is 0 Å². The SMILES string of the molecule is CO/N=C(/C)C/C=N\OCc1ccccc1C. The van der Waals surface area contributed by atoms with E-state index in [1.807, 2.05) is 25.1 Å². The molecule has 4 heteroatoms.